The molecule has 2 rings (SSSR count). The van der Waals surface area contributed by atoms with Crippen molar-refractivity contribution < 1.29 is 14.3 Å². The fraction of sp³-hybridized carbons (Fsp3) is 0.571. The van der Waals surface area contributed by atoms with Gasteiger partial charge in [-0.2, -0.15) is 0 Å². The fourth-order valence-corrected chi connectivity index (χ4v) is 4.03. The van der Waals surface area contributed by atoms with E-state index in [9.17, 15) is 14.4 Å². The number of rotatable bonds is 6. The van der Waals surface area contributed by atoms with Crippen LogP contribution < -0.4 is 10.9 Å². The normalized spacial score (nSPS) is 16.0. The molecule has 0 fully saturated rings. The Morgan fingerprint density at radius 1 is 1.52 bits per heavy atom. The van der Waals surface area contributed by atoms with Gasteiger partial charge < -0.3 is 10.1 Å². The van der Waals surface area contributed by atoms with Gasteiger partial charge in [0.05, 0.1) is 22.9 Å². The molecule has 0 aromatic carbocycles. The zero-order valence-corrected chi connectivity index (χ0v) is 14.9. The summed E-state index contributed by atoms with van der Waals surface area (Å²) < 4.78 is 6.20. The van der Waals surface area contributed by atoms with Crippen molar-refractivity contribution in [1.29, 1.82) is 0 Å². The summed E-state index contributed by atoms with van der Waals surface area (Å²) in [5, 5.41) is 3.33. The molecule has 1 aromatic rings. The minimum atomic E-state index is -0.472. The quantitative estimate of drug-likeness (QED) is 0.453. The molecule has 1 aromatic heterocycles. The van der Waals surface area contributed by atoms with Crippen LogP contribution in [0.2, 0.25) is 0 Å². The first-order valence-electron chi connectivity index (χ1n) is 7.24. The highest BCUT2D eigenvalue weighted by Crippen LogP contribution is 2.33. The molecule has 0 bridgehead atoms. The lowest BCUT2D eigenvalue weighted by molar-refractivity contribution is -0.143. The van der Waals surface area contributed by atoms with Crippen LogP contribution in [-0.4, -0.2) is 45.6 Å². The summed E-state index contributed by atoms with van der Waals surface area (Å²) in [6.07, 6.45) is 0.763. The molecule has 2 heterocycles. The first-order chi connectivity index (χ1) is 10.9. The molecule has 23 heavy (non-hydrogen) atoms. The van der Waals surface area contributed by atoms with Gasteiger partial charge >= 0.3 is 5.97 Å². The van der Waals surface area contributed by atoms with Gasteiger partial charge in [-0.3, -0.25) is 19.0 Å². The van der Waals surface area contributed by atoms with Gasteiger partial charge in [-0.15, -0.1) is 11.8 Å². The Morgan fingerprint density at radius 3 is 2.96 bits per heavy atom. The first-order valence-corrected chi connectivity index (χ1v) is 9.10. The molecule has 0 saturated carbocycles. The van der Waals surface area contributed by atoms with E-state index < -0.39 is 5.97 Å². The minimum absolute atomic E-state index is 0.0706. The van der Waals surface area contributed by atoms with Crippen LogP contribution in [0, 0.1) is 0 Å². The molecule has 1 N–H and O–H groups in total. The first kappa shape index (κ1) is 17.9. The maximum Gasteiger partial charge on any atom is 0.325 e. The fourth-order valence-electron chi connectivity index (χ4n) is 2.07. The Morgan fingerprint density at radius 2 is 2.26 bits per heavy atom. The van der Waals surface area contributed by atoms with Crippen molar-refractivity contribution in [3.05, 3.63) is 16.0 Å². The maximum absolute atomic E-state index is 12.3. The second-order valence-corrected chi connectivity index (χ2v) is 7.43. The lowest BCUT2D eigenvalue weighted by Crippen LogP contribution is -2.32. The Hall–Kier alpha value is -1.48. The van der Waals surface area contributed by atoms with Crippen molar-refractivity contribution >= 4 is 35.4 Å². The Kier molecular flexibility index (Phi) is 6.11. The van der Waals surface area contributed by atoms with E-state index in [1.807, 2.05) is 0 Å². The van der Waals surface area contributed by atoms with Crippen molar-refractivity contribution in [1.82, 2.24) is 14.9 Å². The highest BCUT2D eigenvalue weighted by atomic mass is 32.2. The number of fused-ring (bicyclic) bond motifs is 1. The van der Waals surface area contributed by atoms with Gasteiger partial charge in [-0.05, 0) is 6.92 Å². The summed E-state index contributed by atoms with van der Waals surface area (Å²) in [5.41, 5.74) is 0.735. The number of hydrogen-bond acceptors (Lipinski definition) is 7. The van der Waals surface area contributed by atoms with E-state index >= 15 is 0 Å². The van der Waals surface area contributed by atoms with Gasteiger partial charge in [-0.1, -0.05) is 18.7 Å². The average Bonchev–Trinajstić information content (AvgIpc) is 2.88. The Bertz CT molecular complexity index is 675. The van der Waals surface area contributed by atoms with Gasteiger partial charge in [-0.25, -0.2) is 4.98 Å². The molecular weight excluding hydrogens is 338 g/mol. The second kappa shape index (κ2) is 7.87. The summed E-state index contributed by atoms with van der Waals surface area (Å²) >= 11 is 2.73. The van der Waals surface area contributed by atoms with E-state index in [0.717, 1.165) is 12.1 Å². The van der Waals surface area contributed by atoms with E-state index in [1.165, 1.54) is 16.3 Å². The van der Waals surface area contributed by atoms with Crippen LogP contribution in [0.25, 0.3) is 0 Å². The highest BCUT2D eigenvalue weighted by Gasteiger charge is 2.25. The third kappa shape index (κ3) is 4.51. The number of esters is 1. The number of thioether (sulfide) groups is 2. The number of nitrogens with zero attached hydrogens (tertiary/aromatic N) is 2. The van der Waals surface area contributed by atoms with Crippen molar-refractivity contribution in [3.63, 3.8) is 0 Å². The third-order valence-electron chi connectivity index (χ3n) is 3.15. The lowest BCUT2D eigenvalue weighted by Gasteiger charge is -2.09. The second-order valence-electron chi connectivity index (χ2n) is 5.04. The summed E-state index contributed by atoms with van der Waals surface area (Å²) in [6, 6.07) is 0. The molecular formula is C14H19N3O4S2. The van der Waals surface area contributed by atoms with Gasteiger partial charge in [0.2, 0.25) is 5.91 Å². The van der Waals surface area contributed by atoms with Crippen molar-refractivity contribution in [2.24, 2.45) is 7.05 Å². The maximum atomic E-state index is 12.3. The van der Waals surface area contributed by atoms with Crippen molar-refractivity contribution in [3.8, 4) is 0 Å². The average molecular weight is 357 g/mol. The van der Waals surface area contributed by atoms with E-state index in [0.29, 0.717) is 15.3 Å². The zero-order chi connectivity index (χ0) is 17.0. The molecule has 126 valence electrons. The van der Waals surface area contributed by atoms with E-state index in [-0.39, 0.29) is 30.4 Å². The number of amides is 1. The summed E-state index contributed by atoms with van der Waals surface area (Å²) in [7, 11) is 1.65. The van der Waals surface area contributed by atoms with E-state index in [1.54, 1.807) is 25.7 Å². The predicted octanol–water partition coefficient (Wildman–Crippen LogP) is 0.588. The zero-order valence-electron chi connectivity index (χ0n) is 13.2. The van der Waals surface area contributed by atoms with Crippen LogP contribution in [0.5, 0.6) is 0 Å². The van der Waals surface area contributed by atoms with Gasteiger partial charge in [0, 0.05) is 18.7 Å². The molecule has 0 aliphatic carbocycles. The Labute approximate surface area is 142 Å². The predicted molar refractivity (Wildman–Crippen MR) is 88.9 cm³/mol. The minimum Gasteiger partial charge on any atom is -0.465 e. The number of nitrogens with one attached hydrogen (secondary N) is 1. The topological polar surface area (TPSA) is 90.3 Å². The largest absolute Gasteiger partial charge is 0.465 e. The molecule has 1 aliphatic heterocycles. The Balaban J connectivity index is 1.95. The van der Waals surface area contributed by atoms with Crippen LogP contribution >= 0.6 is 23.5 Å². The number of hydrogen-bond donors (Lipinski definition) is 1. The van der Waals surface area contributed by atoms with Gasteiger partial charge in [0.15, 0.2) is 5.16 Å². The van der Waals surface area contributed by atoms with E-state index in [2.05, 4.69) is 17.2 Å². The standard InChI is InChI=1S/C14H19N3O4S2/c1-4-21-11(19)6-15-10(18)7-22-14-16-9-5-8(2)23-12(9)13(20)17(14)3/h8H,4-7H2,1-3H3,(H,15,18). The molecule has 1 aliphatic rings. The summed E-state index contributed by atoms with van der Waals surface area (Å²) in [6.45, 7) is 3.88. The third-order valence-corrected chi connectivity index (χ3v) is 5.39. The van der Waals surface area contributed by atoms with Crippen LogP contribution in [0.15, 0.2) is 14.8 Å². The number of carbonyl (C=O) groups excluding carboxylic acids is 2. The molecule has 9 heteroatoms. The molecule has 7 nitrogen and oxygen atoms in total. The van der Waals surface area contributed by atoms with Crippen LogP contribution in [-0.2, 0) is 27.8 Å². The summed E-state index contributed by atoms with van der Waals surface area (Å²) in [5.74, 6) is -0.693. The van der Waals surface area contributed by atoms with Gasteiger partial charge in [0.25, 0.3) is 5.56 Å². The molecule has 1 unspecified atom stereocenters. The van der Waals surface area contributed by atoms with Crippen molar-refractivity contribution in [2.45, 2.75) is 35.6 Å². The summed E-state index contributed by atoms with van der Waals surface area (Å²) in [4.78, 5) is 40.4. The molecule has 0 saturated heterocycles. The molecule has 1 amide bonds. The number of aromatic nitrogens is 2. The van der Waals surface area contributed by atoms with Crippen LogP contribution in [0.4, 0.5) is 0 Å². The van der Waals surface area contributed by atoms with Crippen LogP contribution in [0.1, 0.15) is 19.5 Å². The monoisotopic (exact) mass is 357 g/mol. The number of ether oxygens (including phenoxy) is 1. The molecule has 0 spiro atoms. The van der Waals surface area contributed by atoms with Crippen molar-refractivity contribution in [2.75, 3.05) is 18.9 Å². The van der Waals surface area contributed by atoms with Crippen LogP contribution in [0.3, 0.4) is 0 Å². The van der Waals surface area contributed by atoms with Gasteiger partial charge in [0.1, 0.15) is 6.54 Å². The SMILES string of the molecule is CCOC(=O)CNC(=O)CSc1nc2c(c(=O)n1C)SC(C)C2. The van der Waals surface area contributed by atoms with E-state index in [4.69, 9.17) is 4.74 Å². The lowest BCUT2D eigenvalue weighted by atomic mass is 10.2. The smallest absolute Gasteiger partial charge is 0.325 e. The molecule has 0 radical (unpaired) electrons. The number of carbonyl (C=O) groups is 2. The molecule has 1 atom stereocenters. The highest BCUT2D eigenvalue weighted by molar-refractivity contribution is 8.00.